The van der Waals surface area contributed by atoms with E-state index in [1.807, 2.05) is 6.07 Å². The predicted octanol–water partition coefficient (Wildman–Crippen LogP) is 11.7. The standard InChI is InChI=1S/C44H29NO/c1-2-13-30(14-3-1)45-40-22-8-6-16-33(40)39-26-28(24-25-41(39)45)31-19-11-20-36-38(32-15-4-5-18-35(32)43(31)36)27-29-12-10-21-37-34-17-7-9-23-42(34)46-44(29)37/h1-26,38H,27H2. The van der Waals surface area contributed by atoms with Crippen LogP contribution in [0.4, 0.5) is 0 Å². The lowest BCUT2D eigenvalue weighted by Crippen LogP contribution is -2.02. The number of rotatable bonds is 4. The Morgan fingerprint density at radius 3 is 2.13 bits per heavy atom. The molecule has 0 fully saturated rings. The van der Waals surface area contributed by atoms with E-state index in [0.29, 0.717) is 0 Å². The highest BCUT2D eigenvalue weighted by atomic mass is 16.3. The Labute approximate surface area is 266 Å². The molecule has 1 aliphatic carbocycles. The molecule has 1 atom stereocenters. The molecule has 2 nitrogen and oxygen atoms in total. The van der Waals surface area contributed by atoms with Gasteiger partial charge in [-0.25, -0.2) is 0 Å². The number of para-hydroxylation sites is 4. The van der Waals surface area contributed by atoms with E-state index in [0.717, 1.165) is 17.6 Å². The third-order valence-corrected chi connectivity index (χ3v) is 9.99. The lowest BCUT2D eigenvalue weighted by atomic mass is 9.88. The fraction of sp³-hybridized carbons (Fsp3) is 0.0455. The van der Waals surface area contributed by atoms with Crippen LogP contribution in [0.3, 0.4) is 0 Å². The van der Waals surface area contributed by atoms with E-state index in [1.165, 1.54) is 77.2 Å². The summed E-state index contributed by atoms with van der Waals surface area (Å²) in [6, 6.07) is 57.3. The normalized spacial score (nSPS) is 14.0. The van der Waals surface area contributed by atoms with Crippen LogP contribution in [0.5, 0.6) is 0 Å². The van der Waals surface area contributed by atoms with Crippen LogP contribution < -0.4 is 0 Å². The molecule has 0 N–H and O–H groups in total. The second kappa shape index (κ2) is 9.82. The zero-order valence-electron chi connectivity index (χ0n) is 25.2. The maximum absolute atomic E-state index is 6.47. The summed E-state index contributed by atoms with van der Waals surface area (Å²) in [5.41, 5.74) is 14.8. The van der Waals surface area contributed by atoms with Gasteiger partial charge in [0.1, 0.15) is 11.2 Å². The molecule has 2 heterocycles. The molecule has 10 rings (SSSR count). The van der Waals surface area contributed by atoms with Crippen molar-refractivity contribution in [2.75, 3.05) is 0 Å². The van der Waals surface area contributed by atoms with E-state index >= 15 is 0 Å². The molecule has 46 heavy (non-hydrogen) atoms. The molecule has 1 unspecified atom stereocenters. The first-order valence-electron chi connectivity index (χ1n) is 16.0. The Balaban J connectivity index is 1.15. The molecule has 1 aliphatic rings. The van der Waals surface area contributed by atoms with E-state index in [9.17, 15) is 0 Å². The maximum Gasteiger partial charge on any atom is 0.138 e. The van der Waals surface area contributed by atoms with E-state index in [4.69, 9.17) is 4.42 Å². The van der Waals surface area contributed by atoms with Crippen LogP contribution in [-0.4, -0.2) is 4.57 Å². The molecule has 216 valence electrons. The number of nitrogens with zero attached hydrogens (tertiary/aromatic N) is 1. The highest BCUT2D eigenvalue weighted by Crippen LogP contribution is 2.51. The summed E-state index contributed by atoms with van der Waals surface area (Å²) >= 11 is 0. The molecule has 0 bridgehead atoms. The van der Waals surface area contributed by atoms with Gasteiger partial charge >= 0.3 is 0 Å². The SMILES string of the molecule is c1ccc(-n2c3ccccc3c3cc(-c4cccc5c4-c4ccccc4C5Cc4cccc5c4oc4ccccc45)ccc32)cc1. The lowest BCUT2D eigenvalue weighted by molar-refractivity contribution is 0.659. The van der Waals surface area contributed by atoms with Crippen LogP contribution in [0, 0.1) is 0 Å². The largest absolute Gasteiger partial charge is 0.456 e. The van der Waals surface area contributed by atoms with Gasteiger partial charge < -0.3 is 8.98 Å². The number of furan rings is 1. The summed E-state index contributed by atoms with van der Waals surface area (Å²) in [5, 5.41) is 4.91. The zero-order valence-corrected chi connectivity index (χ0v) is 25.2. The molecule has 2 aromatic heterocycles. The predicted molar refractivity (Wildman–Crippen MR) is 191 cm³/mol. The second-order valence-electron chi connectivity index (χ2n) is 12.4. The number of benzene rings is 7. The van der Waals surface area contributed by atoms with Crippen LogP contribution >= 0.6 is 0 Å². The van der Waals surface area contributed by atoms with E-state index in [2.05, 4.69) is 156 Å². The monoisotopic (exact) mass is 587 g/mol. The second-order valence-corrected chi connectivity index (χ2v) is 12.4. The summed E-state index contributed by atoms with van der Waals surface area (Å²) < 4.78 is 8.85. The van der Waals surface area contributed by atoms with Gasteiger partial charge in [0.2, 0.25) is 0 Å². The minimum absolute atomic E-state index is 0.244. The van der Waals surface area contributed by atoms with Gasteiger partial charge in [-0.2, -0.15) is 0 Å². The van der Waals surface area contributed by atoms with Crippen LogP contribution in [0.25, 0.3) is 71.7 Å². The van der Waals surface area contributed by atoms with Crippen molar-refractivity contribution in [1.82, 2.24) is 4.57 Å². The van der Waals surface area contributed by atoms with Crippen molar-refractivity contribution >= 4 is 43.7 Å². The minimum atomic E-state index is 0.244. The van der Waals surface area contributed by atoms with Gasteiger partial charge in [-0.15, -0.1) is 0 Å². The van der Waals surface area contributed by atoms with E-state index < -0.39 is 0 Å². The van der Waals surface area contributed by atoms with Crippen LogP contribution in [0.2, 0.25) is 0 Å². The first-order chi connectivity index (χ1) is 22.8. The van der Waals surface area contributed by atoms with Gasteiger partial charge in [-0.1, -0.05) is 121 Å². The molecule has 0 spiro atoms. The fourth-order valence-corrected chi connectivity index (χ4v) is 8.00. The first-order valence-corrected chi connectivity index (χ1v) is 16.0. The summed E-state index contributed by atoms with van der Waals surface area (Å²) in [6.07, 6.45) is 0.883. The van der Waals surface area contributed by atoms with Gasteiger partial charge in [0.15, 0.2) is 0 Å². The van der Waals surface area contributed by atoms with E-state index in [-0.39, 0.29) is 5.92 Å². The van der Waals surface area contributed by atoms with Crippen molar-refractivity contribution in [3.8, 4) is 27.9 Å². The lowest BCUT2D eigenvalue weighted by Gasteiger charge is -2.15. The molecule has 0 saturated heterocycles. The third-order valence-electron chi connectivity index (χ3n) is 9.99. The van der Waals surface area contributed by atoms with Crippen molar-refractivity contribution < 1.29 is 4.42 Å². The highest BCUT2D eigenvalue weighted by Gasteiger charge is 2.31. The molecule has 2 heteroatoms. The van der Waals surface area contributed by atoms with Gasteiger partial charge in [-0.05, 0) is 81.8 Å². The Hall–Kier alpha value is -5.86. The Morgan fingerprint density at radius 2 is 1.20 bits per heavy atom. The molecular formula is C44H29NO. The van der Waals surface area contributed by atoms with Crippen molar-refractivity contribution in [1.29, 1.82) is 0 Å². The van der Waals surface area contributed by atoms with E-state index in [1.54, 1.807) is 0 Å². The Morgan fingerprint density at radius 1 is 0.500 bits per heavy atom. The average Bonchev–Trinajstić information content (AvgIpc) is 3.77. The number of hydrogen-bond donors (Lipinski definition) is 0. The molecule has 0 aliphatic heterocycles. The molecule has 0 amide bonds. The summed E-state index contributed by atoms with van der Waals surface area (Å²) in [6.45, 7) is 0. The zero-order chi connectivity index (χ0) is 30.2. The molecule has 0 saturated carbocycles. The average molecular weight is 588 g/mol. The third kappa shape index (κ3) is 3.64. The number of hydrogen-bond acceptors (Lipinski definition) is 1. The van der Waals surface area contributed by atoms with Crippen molar-refractivity contribution in [3.63, 3.8) is 0 Å². The molecule has 7 aromatic carbocycles. The van der Waals surface area contributed by atoms with Crippen LogP contribution in [0.1, 0.15) is 22.6 Å². The quantitative estimate of drug-likeness (QED) is 0.200. The van der Waals surface area contributed by atoms with Gasteiger partial charge in [0, 0.05) is 33.2 Å². The minimum Gasteiger partial charge on any atom is -0.456 e. The summed E-state index contributed by atoms with van der Waals surface area (Å²) in [7, 11) is 0. The van der Waals surface area contributed by atoms with Crippen LogP contribution in [0.15, 0.2) is 162 Å². The van der Waals surface area contributed by atoms with Gasteiger partial charge in [-0.3, -0.25) is 0 Å². The number of aromatic nitrogens is 1. The first kappa shape index (κ1) is 25.5. The topological polar surface area (TPSA) is 18.1 Å². The Bertz CT molecular complexity index is 2620. The van der Waals surface area contributed by atoms with Crippen molar-refractivity contribution in [3.05, 3.63) is 174 Å². The molecule has 9 aromatic rings. The maximum atomic E-state index is 6.47. The molecular weight excluding hydrogens is 558 g/mol. The van der Waals surface area contributed by atoms with Crippen molar-refractivity contribution in [2.45, 2.75) is 12.3 Å². The van der Waals surface area contributed by atoms with Crippen LogP contribution in [-0.2, 0) is 6.42 Å². The van der Waals surface area contributed by atoms with Gasteiger partial charge in [0.05, 0.1) is 11.0 Å². The number of fused-ring (bicyclic) bond motifs is 9. The smallest absolute Gasteiger partial charge is 0.138 e. The highest BCUT2D eigenvalue weighted by molar-refractivity contribution is 6.11. The Kier molecular flexibility index (Phi) is 5.44. The molecule has 0 radical (unpaired) electrons. The summed E-state index contributed by atoms with van der Waals surface area (Å²) in [5.74, 6) is 0.244. The van der Waals surface area contributed by atoms with Gasteiger partial charge in [0.25, 0.3) is 0 Å². The summed E-state index contributed by atoms with van der Waals surface area (Å²) in [4.78, 5) is 0. The fourth-order valence-electron chi connectivity index (χ4n) is 8.00. The van der Waals surface area contributed by atoms with Crippen molar-refractivity contribution in [2.24, 2.45) is 0 Å².